The fourth-order valence-electron chi connectivity index (χ4n) is 2.76. The molecule has 0 saturated carbocycles. The molecule has 0 bridgehead atoms. The van der Waals surface area contributed by atoms with Gasteiger partial charge in [0.05, 0.1) is 11.5 Å². The number of Topliss-reactive ketones (excluding diaryl/α,β-unsaturated/α-hetero) is 1. The number of piperidine rings is 1. The zero-order valence-corrected chi connectivity index (χ0v) is 14.3. The van der Waals surface area contributed by atoms with Crippen LogP contribution >= 0.6 is 0 Å². The summed E-state index contributed by atoms with van der Waals surface area (Å²) < 4.78 is 5.43. The number of nitro benzene ring substituents is 1. The van der Waals surface area contributed by atoms with Crippen molar-refractivity contribution in [2.45, 2.75) is 33.1 Å². The van der Waals surface area contributed by atoms with E-state index in [-0.39, 0.29) is 17.2 Å². The lowest BCUT2D eigenvalue weighted by molar-refractivity contribution is -0.385. The summed E-state index contributed by atoms with van der Waals surface area (Å²) in [7, 11) is 0. The van der Waals surface area contributed by atoms with Gasteiger partial charge >= 0.3 is 5.69 Å². The van der Waals surface area contributed by atoms with E-state index in [9.17, 15) is 14.9 Å². The van der Waals surface area contributed by atoms with Gasteiger partial charge in [0.25, 0.3) is 0 Å². The maximum Gasteiger partial charge on any atom is 0.311 e. The predicted octanol–water partition coefficient (Wildman–Crippen LogP) is 3.45. The van der Waals surface area contributed by atoms with Crippen molar-refractivity contribution in [1.29, 1.82) is 0 Å². The summed E-state index contributed by atoms with van der Waals surface area (Å²) in [6.07, 6.45) is 4.09. The minimum absolute atomic E-state index is 0.0635. The molecule has 130 valence electrons. The van der Waals surface area contributed by atoms with Gasteiger partial charge in [0, 0.05) is 31.1 Å². The van der Waals surface area contributed by atoms with E-state index in [4.69, 9.17) is 4.74 Å². The molecule has 0 aliphatic carbocycles. The Morgan fingerprint density at radius 3 is 2.79 bits per heavy atom. The van der Waals surface area contributed by atoms with Crippen LogP contribution in [0.2, 0.25) is 0 Å². The molecule has 0 N–H and O–H groups in total. The van der Waals surface area contributed by atoms with Crippen molar-refractivity contribution in [1.82, 2.24) is 4.90 Å². The van der Waals surface area contributed by atoms with Crippen LogP contribution in [0.15, 0.2) is 23.8 Å². The monoisotopic (exact) mass is 332 g/mol. The summed E-state index contributed by atoms with van der Waals surface area (Å²) in [5.41, 5.74) is 1.31. The molecule has 6 nitrogen and oxygen atoms in total. The van der Waals surface area contributed by atoms with Crippen LogP contribution in [0, 0.1) is 10.1 Å². The lowest BCUT2D eigenvalue weighted by Gasteiger charge is -2.27. The number of nitro groups is 1. The quantitative estimate of drug-likeness (QED) is 0.434. The number of likely N-dealkylation sites (tertiary alicyclic amines) is 1. The van der Waals surface area contributed by atoms with Crippen LogP contribution in [0.3, 0.4) is 0 Å². The highest BCUT2D eigenvalue weighted by molar-refractivity contribution is 6.00. The van der Waals surface area contributed by atoms with Crippen LogP contribution in [0.25, 0.3) is 6.08 Å². The van der Waals surface area contributed by atoms with E-state index in [1.54, 1.807) is 18.2 Å². The van der Waals surface area contributed by atoms with Crippen molar-refractivity contribution < 1.29 is 14.5 Å². The third-order valence-electron chi connectivity index (χ3n) is 3.93. The first-order valence-corrected chi connectivity index (χ1v) is 8.42. The Kier molecular flexibility index (Phi) is 6.49. The first-order valence-electron chi connectivity index (χ1n) is 8.42. The van der Waals surface area contributed by atoms with Gasteiger partial charge in [-0.15, -0.1) is 0 Å². The van der Waals surface area contributed by atoms with E-state index in [0.29, 0.717) is 30.7 Å². The van der Waals surface area contributed by atoms with Gasteiger partial charge in [-0.3, -0.25) is 19.8 Å². The minimum Gasteiger partial charge on any atom is -0.487 e. The Balaban J connectivity index is 2.25. The van der Waals surface area contributed by atoms with Gasteiger partial charge in [-0.25, -0.2) is 0 Å². The molecule has 0 atom stereocenters. The predicted molar refractivity (Wildman–Crippen MR) is 93.2 cm³/mol. The summed E-state index contributed by atoms with van der Waals surface area (Å²) in [5.74, 6) is 0.392. The lowest BCUT2D eigenvalue weighted by Crippen LogP contribution is -2.36. The van der Waals surface area contributed by atoms with Crippen LogP contribution in [-0.2, 0) is 4.79 Å². The van der Waals surface area contributed by atoms with Crippen LogP contribution < -0.4 is 4.74 Å². The van der Waals surface area contributed by atoms with Crippen molar-refractivity contribution >= 4 is 17.5 Å². The van der Waals surface area contributed by atoms with Gasteiger partial charge in [0.2, 0.25) is 0 Å². The third-order valence-corrected chi connectivity index (χ3v) is 3.93. The molecular weight excluding hydrogens is 308 g/mol. The molecule has 1 aromatic carbocycles. The Morgan fingerprint density at radius 2 is 2.12 bits per heavy atom. The van der Waals surface area contributed by atoms with Crippen LogP contribution in [-0.4, -0.2) is 41.8 Å². The summed E-state index contributed by atoms with van der Waals surface area (Å²) in [5, 5.41) is 11.3. The van der Waals surface area contributed by atoms with E-state index in [2.05, 4.69) is 11.8 Å². The van der Waals surface area contributed by atoms with Crippen LogP contribution in [0.1, 0.15) is 38.7 Å². The molecule has 0 amide bonds. The smallest absolute Gasteiger partial charge is 0.311 e. The van der Waals surface area contributed by atoms with Crippen molar-refractivity contribution in [3.8, 4) is 5.75 Å². The average molecular weight is 332 g/mol. The largest absolute Gasteiger partial charge is 0.487 e. The van der Waals surface area contributed by atoms with Crippen LogP contribution in [0.4, 0.5) is 5.69 Å². The minimum atomic E-state index is -0.445. The zero-order valence-electron chi connectivity index (χ0n) is 14.3. The molecule has 1 aromatic rings. The Bertz CT molecular complexity index is 640. The lowest BCUT2D eigenvalue weighted by atomic mass is 10.00. The number of rotatable bonds is 7. The fourth-order valence-corrected chi connectivity index (χ4v) is 2.76. The highest BCUT2D eigenvalue weighted by Gasteiger charge is 2.21. The number of nitrogens with zero attached hydrogens (tertiary/aromatic N) is 2. The number of hydrogen-bond acceptors (Lipinski definition) is 5. The molecule has 24 heavy (non-hydrogen) atoms. The zero-order chi connectivity index (χ0) is 17.5. The molecule has 0 unspecified atom stereocenters. The highest BCUT2D eigenvalue weighted by Crippen LogP contribution is 2.29. The molecule has 1 fully saturated rings. The molecule has 1 aliphatic heterocycles. The van der Waals surface area contributed by atoms with E-state index >= 15 is 0 Å². The second-order valence-corrected chi connectivity index (χ2v) is 5.95. The van der Waals surface area contributed by atoms with Crippen LogP contribution in [0.5, 0.6) is 5.75 Å². The molecule has 0 radical (unpaired) electrons. The average Bonchev–Trinajstić information content (AvgIpc) is 2.56. The summed E-state index contributed by atoms with van der Waals surface area (Å²) in [6.45, 7) is 6.84. The molecule has 0 spiro atoms. The number of ether oxygens (including phenoxy) is 1. The maximum absolute atomic E-state index is 12.1. The van der Waals surface area contributed by atoms with Gasteiger partial charge in [-0.05, 0) is 37.1 Å². The molecule has 2 rings (SSSR count). The SMILES string of the molecule is CCCOc1ccc(/C=C2\CN(CCC)CCC2=O)cc1[N+](=O)[O-]. The summed E-state index contributed by atoms with van der Waals surface area (Å²) in [6, 6.07) is 4.85. The van der Waals surface area contributed by atoms with E-state index in [1.165, 1.54) is 6.07 Å². The van der Waals surface area contributed by atoms with E-state index in [0.717, 1.165) is 25.9 Å². The summed E-state index contributed by atoms with van der Waals surface area (Å²) >= 11 is 0. The molecular formula is C18H24N2O4. The van der Waals surface area contributed by atoms with Gasteiger partial charge in [0.15, 0.2) is 11.5 Å². The highest BCUT2D eigenvalue weighted by atomic mass is 16.6. The number of ketones is 1. The molecule has 1 aliphatic rings. The number of benzene rings is 1. The van der Waals surface area contributed by atoms with Crippen molar-refractivity contribution in [3.05, 3.63) is 39.4 Å². The van der Waals surface area contributed by atoms with Crippen molar-refractivity contribution in [2.75, 3.05) is 26.2 Å². The van der Waals surface area contributed by atoms with Crippen molar-refractivity contribution in [3.63, 3.8) is 0 Å². The Morgan fingerprint density at radius 1 is 1.33 bits per heavy atom. The molecule has 1 saturated heterocycles. The number of hydrogen-bond donors (Lipinski definition) is 0. The first kappa shape index (κ1) is 18.1. The molecule has 0 aromatic heterocycles. The van der Waals surface area contributed by atoms with E-state index < -0.39 is 4.92 Å². The maximum atomic E-state index is 12.1. The van der Waals surface area contributed by atoms with Gasteiger partial charge in [-0.2, -0.15) is 0 Å². The van der Waals surface area contributed by atoms with Gasteiger partial charge in [-0.1, -0.05) is 19.9 Å². The molecule has 6 heteroatoms. The standard InChI is InChI=1S/C18H24N2O4/c1-3-8-19-9-7-17(21)15(13-19)11-14-5-6-18(24-10-4-2)16(12-14)20(22)23/h5-6,11-12H,3-4,7-10,13H2,1-2H3/b15-11+. The number of carbonyl (C=O) groups excluding carboxylic acids is 1. The Labute approximate surface area is 142 Å². The second-order valence-electron chi connectivity index (χ2n) is 5.95. The topological polar surface area (TPSA) is 72.7 Å². The first-order chi connectivity index (χ1) is 11.5. The van der Waals surface area contributed by atoms with Crippen molar-refractivity contribution in [2.24, 2.45) is 0 Å². The van der Waals surface area contributed by atoms with Gasteiger partial charge in [0.1, 0.15) is 0 Å². The van der Waals surface area contributed by atoms with E-state index in [1.807, 2.05) is 6.92 Å². The fraction of sp³-hybridized carbons (Fsp3) is 0.500. The molecule has 1 heterocycles. The second kappa shape index (κ2) is 8.59. The third kappa shape index (κ3) is 4.64. The Hall–Kier alpha value is -2.21. The summed E-state index contributed by atoms with van der Waals surface area (Å²) in [4.78, 5) is 25.2. The van der Waals surface area contributed by atoms with Gasteiger partial charge < -0.3 is 4.74 Å². The normalized spacial score (nSPS) is 17.2. The number of carbonyl (C=O) groups is 1.